The van der Waals surface area contributed by atoms with Crippen molar-refractivity contribution in [2.24, 2.45) is 0 Å². The molecule has 6 heteroatoms. The van der Waals surface area contributed by atoms with Crippen LogP contribution in [0.4, 0.5) is 10.5 Å². The highest BCUT2D eigenvalue weighted by molar-refractivity contribution is 9.10. The zero-order valence-electron chi connectivity index (χ0n) is 13.2. The second-order valence-electron chi connectivity index (χ2n) is 6.45. The van der Waals surface area contributed by atoms with Crippen molar-refractivity contribution < 1.29 is 14.6 Å². The zero-order valence-corrected chi connectivity index (χ0v) is 14.8. The molecule has 0 saturated carbocycles. The average Bonchev–Trinajstić information content (AvgIpc) is 2.47. The highest BCUT2D eigenvalue weighted by atomic mass is 79.9. The first-order chi connectivity index (χ1) is 10.3. The van der Waals surface area contributed by atoms with E-state index in [9.17, 15) is 9.90 Å². The predicted octanol–water partition coefficient (Wildman–Crippen LogP) is 3.54. The smallest absolute Gasteiger partial charge is 0.410 e. The lowest BCUT2D eigenvalue weighted by atomic mass is 10.1. The molecule has 2 N–H and O–H groups in total. The van der Waals surface area contributed by atoms with Crippen molar-refractivity contribution in [2.45, 2.75) is 38.9 Å². The van der Waals surface area contributed by atoms with Crippen LogP contribution < -0.4 is 5.32 Å². The lowest BCUT2D eigenvalue weighted by molar-refractivity contribution is 0.0146. The topological polar surface area (TPSA) is 61.8 Å². The van der Waals surface area contributed by atoms with E-state index in [1.54, 1.807) is 4.90 Å². The number of hydrogen-bond acceptors (Lipinski definition) is 4. The van der Waals surface area contributed by atoms with Crippen LogP contribution in [0.25, 0.3) is 0 Å². The second-order valence-corrected chi connectivity index (χ2v) is 7.37. The van der Waals surface area contributed by atoms with Gasteiger partial charge in [-0.1, -0.05) is 15.9 Å². The molecule has 0 fully saturated rings. The minimum atomic E-state index is -0.759. The third-order valence-electron chi connectivity index (χ3n) is 3.34. The van der Waals surface area contributed by atoms with Gasteiger partial charge in [-0.25, -0.2) is 4.79 Å². The maximum atomic E-state index is 12.3. The number of rotatable bonds is 0. The van der Waals surface area contributed by atoms with Gasteiger partial charge < -0.3 is 20.1 Å². The van der Waals surface area contributed by atoms with Crippen LogP contribution in [0.15, 0.2) is 22.7 Å². The lowest BCUT2D eigenvalue weighted by Crippen LogP contribution is -2.39. The Morgan fingerprint density at radius 2 is 2.18 bits per heavy atom. The molecule has 2 rings (SSSR count). The van der Waals surface area contributed by atoms with Crippen LogP contribution >= 0.6 is 15.9 Å². The molecule has 1 amide bonds. The Hall–Kier alpha value is -1.27. The summed E-state index contributed by atoms with van der Waals surface area (Å²) in [6.45, 7) is 7.03. The summed E-state index contributed by atoms with van der Waals surface area (Å²) in [6, 6.07) is 5.75. The maximum Gasteiger partial charge on any atom is 0.410 e. The highest BCUT2D eigenvalue weighted by Gasteiger charge is 2.26. The van der Waals surface area contributed by atoms with Crippen LogP contribution in [0.2, 0.25) is 0 Å². The summed E-state index contributed by atoms with van der Waals surface area (Å²) in [4.78, 5) is 13.9. The van der Waals surface area contributed by atoms with Crippen molar-refractivity contribution in [3.63, 3.8) is 0 Å². The summed E-state index contributed by atoms with van der Waals surface area (Å²) in [6.07, 6.45) is -0.350. The molecule has 5 nitrogen and oxygen atoms in total. The molecule has 0 spiro atoms. The summed E-state index contributed by atoms with van der Waals surface area (Å²) < 4.78 is 6.32. The molecule has 0 bridgehead atoms. The Bertz CT molecular complexity index is 543. The zero-order chi connectivity index (χ0) is 16.3. The van der Waals surface area contributed by atoms with Crippen LogP contribution in [-0.2, 0) is 4.74 Å². The monoisotopic (exact) mass is 370 g/mol. The van der Waals surface area contributed by atoms with Gasteiger partial charge in [-0.05, 0) is 45.4 Å². The van der Waals surface area contributed by atoms with Crippen molar-refractivity contribution in [2.75, 3.05) is 25.0 Å². The molecule has 1 aromatic carbocycles. The molecule has 1 atom stereocenters. The first kappa shape index (κ1) is 17.1. The largest absolute Gasteiger partial charge is 0.444 e. The van der Waals surface area contributed by atoms with Crippen LogP contribution in [0.1, 0.15) is 38.9 Å². The van der Waals surface area contributed by atoms with Crippen LogP contribution in [0, 0.1) is 0 Å². The highest BCUT2D eigenvalue weighted by Crippen LogP contribution is 2.28. The van der Waals surface area contributed by atoms with Crippen molar-refractivity contribution >= 4 is 27.7 Å². The molecule has 1 aliphatic heterocycles. The third kappa shape index (κ3) is 4.61. The minimum absolute atomic E-state index is 0.222. The van der Waals surface area contributed by atoms with E-state index in [1.165, 1.54) is 0 Å². The van der Waals surface area contributed by atoms with Gasteiger partial charge in [0.05, 0.1) is 12.6 Å². The van der Waals surface area contributed by atoms with E-state index < -0.39 is 11.7 Å². The maximum absolute atomic E-state index is 12.3. The molecule has 0 radical (unpaired) electrons. The second kappa shape index (κ2) is 6.87. The summed E-state index contributed by atoms with van der Waals surface area (Å²) in [7, 11) is 0. The van der Waals surface area contributed by atoms with E-state index in [1.807, 2.05) is 39.0 Å². The molecular formula is C16H23BrN2O3. The standard InChI is InChI=1S/C16H23BrN2O3/c1-16(2,3)22-15(21)19-8-4-7-18-13-6-5-11(17)9-12(13)14(20)10-19/h5-6,9,14,18,20H,4,7-8,10H2,1-3H3. The molecular weight excluding hydrogens is 348 g/mol. The third-order valence-corrected chi connectivity index (χ3v) is 3.83. The number of aliphatic hydroxyl groups excluding tert-OH is 1. The summed E-state index contributed by atoms with van der Waals surface area (Å²) in [5.74, 6) is 0. The SMILES string of the molecule is CC(C)(C)OC(=O)N1CCCNc2ccc(Br)cc2C(O)C1. The van der Waals surface area contributed by atoms with Gasteiger partial charge in [0.15, 0.2) is 0 Å². The van der Waals surface area contributed by atoms with E-state index >= 15 is 0 Å². The minimum Gasteiger partial charge on any atom is -0.444 e. The van der Waals surface area contributed by atoms with Gasteiger partial charge in [0.2, 0.25) is 0 Å². The number of hydrogen-bond donors (Lipinski definition) is 2. The number of anilines is 1. The molecule has 0 aromatic heterocycles. The normalized spacial score (nSPS) is 19.3. The fourth-order valence-electron chi connectivity index (χ4n) is 2.35. The van der Waals surface area contributed by atoms with E-state index in [0.717, 1.165) is 28.7 Å². The van der Waals surface area contributed by atoms with Gasteiger partial charge in [-0.3, -0.25) is 0 Å². The number of halogens is 1. The fraction of sp³-hybridized carbons (Fsp3) is 0.562. The first-order valence-electron chi connectivity index (χ1n) is 7.45. The van der Waals surface area contributed by atoms with Gasteiger partial charge in [-0.15, -0.1) is 0 Å². The number of carbonyl (C=O) groups is 1. The summed E-state index contributed by atoms with van der Waals surface area (Å²) in [5, 5.41) is 13.8. The average molecular weight is 371 g/mol. The Labute approximate surface area is 139 Å². The summed E-state index contributed by atoms with van der Waals surface area (Å²) >= 11 is 3.42. The van der Waals surface area contributed by atoms with Gasteiger partial charge in [0.1, 0.15) is 5.60 Å². The van der Waals surface area contributed by atoms with E-state index in [2.05, 4.69) is 21.2 Å². The number of nitrogens with zero attached hydrogens (tertiary/aromatic N) is 1. The number of carbonyl (C=O) groups excluding carboxylic acids is 1. The Kier molecular flexibility index (Phi) is 5.34. The summed E-state index contributed by atoms with van der Waals surface area (Å²) in [5.41, 5.74) is 1.14. The van der Waals surface area contributed by atoms with Gasteiger partial charge in [0.25, 0.3) is 0 Å². The Morgan fingerprint density at radius 3 is 2.86 bits per heavy atom. The van der Waals surface area contributed by atoms with E-state index in [4.69, 9.17) is 4.74 Å². The van der Waals surface area contributed by atoms with Gasteiger partial charge in [-0.2, -0.15) is 0 Å². The number of benzene rings is 1. The van der Waals surface area contributed by atoms with Crippen molar-refractivity contribution in [3.8, 4) is 0 Å². The van der Waals surface area contributed by atoms with Crippen LogP contribution in [0.3, 0.4) is 0 Å². The van der Waals surface area contributed by atoms with E-state index in [0.29, 0.717) is 6.54 Å². The number of aliphatic hydroxyl groups is 1. The van der Waals surface area contributed by atoms with Gasteiger partial charge >= 0.3 is 6.09 Å². The molecule has 122 valence electrons. The molecule has 0 saturated heterocycles. The van der Waals surface area contributed by atoms with E-state index in [-0.39, 0.29) is 12.6 Å². The number of ether oxygens (including phenoxy) is 1. The predicted molar refractivity (Wildman–Crippen MR) is 90.0 cm³/mol. The number of fused-ring (bicyclic) bond motifs is 1. The molecule has 0 aliphatic carbocycles. The molecule has 1 unspecified atom stereocenters. The van der Waals surface area contributed by atoms with Crippen LogP contribution in [-0.4, -0.2) is 41.3 Å². The number of β-amino-alcohol motifs (C(OH)–C–C–N with tert-alkyl or cyclic N) is 1. The quantitative estimate of drug-likeness (QED) is 0.733. The van der Waals surface area contributed by atoms with Crippen molar-refractivity contribution in [1.82, 2.24) is 4.90 Å². The van der Waals surface area contributed by atoms with Crippen molar-refractivity contribution in [1.29, 1.82) is 0 Å². The number of nitrogens with one attached hydrogen (secondary N) is 1. The first-order valence-corrected chi connectivity index (χ1v) is 8.25. The van der Waals surface area contributed by atoms with Crippen molar-refractivity contribution in [3.05, 3.63) is 28.2 Å². The lowest BCUT2D eigenvalue weighted by Gasteiger charge is -2.28. The molecule has 1 heterocycles. The van der Waals surface area contributed by atoms with Gasteiger partial charge in [0, 0.05) is 28.8 Å². The number of amides is 1. The molecule has 1 aliphatic rings. The Balaban J connectivity index is 2.19. The fourth-order valence-corrected chi connectivity index (χ4v) is 2.73. The molecule has 1 aromatic rings. The van der Waals surface area contributed by atoms with Crippen LogP contribution in [0.5, 0.6) is 0 Å². The Morgan fingerprint density at radius 1 is 1.45 bits per heavy atom. The molecule has 22 heavy (non-hydrogen) atoms.